The minimum atomic E-state index is 0.377. The molecule has 2 atom stereocenters. The van der Waals surface area contributed by atoms with Crippen molar-refractivity contribution in [2.24, 2.45) is 11.7 Å². The second kappa shape index (κ2) is 4.89. The monoisotopic (exact) mass is 258 g/mol. The third kappa shape index (κ3) is 2.23. The second-order valence-electron chi connectivity index (χ2n) is 5.70. The van der Waals surface area contributed by atoms with Crippen molar-refractivity contribution in [3.05, 3.63) is 29.5 Å². The molecule has 1 fully saturated rings. The Bertz CT molecular complexity index is 588. The Hall–Kier alpha value is -1.48. The molecule has 3 N–H and O–H groups in total. The molecule has 3 heteroatoms. The van der Waals surface area contributed by atoms with Crippen LogP contribution < -0.4 is 10.5 Å². The van der Waals surface area contributed by atoms with E-state index in [0.717, 1.165) is 12.2 Å². The van der Waals surface area contributed by atoms with Crippen molar-refractivity contribution in [1.82, 2.24) is 4.98 Å². The summed E-state index contributed by atoms with van der Waals surface area (Å²) in [4.78, 5) is 3.47. The molecule has 0 spiro atoms. The number of hydrogen-bond acceptors (Lipinski definition) is 2. The normalized spacial score (nSPS) is 23.1. The summed E-state index contributed by atoms with van der Waals surface area (Å²) in [5, 5.41) is 1.32. The fraction of sp³-hybridized carbons (Fsp3) is 0.500. The van der Waals surface area contributed by atoms with Gasteiger partial charge in [0.1, 0.15) is 5.75 Å². The van der Waals surface area contributed by atoms with Crippen molar-refractivity contribution in [1.29, 1.82) is 0 Å². The highest BCUT2D eigenvalue weighted by Crippen LogP contribution is 2.32. The Morgan fingerprint density at radius 1 is 1.37 bits per heavy atom. The molecule has 0 aliphatic heterocycles. The molecule has 0 radical (unpaired) electrons. The zero-order valence-electron chi connectivity index (χ0n) is 11.7. The van der Waals surface area contributed by atoms with E-state index in [0.29, 0.717) is 12.0 Å². The van der Waals surface area contributed by atoms with Crippen molar-refractivity contribution in [2.75, 3.05) is 7.11 Å². The van der Waals surface area contributed by atoms with Gasteiger partial charge in [-0.15, -0.1) is 0 Å². The van der Waals surface area contributed by atoms with Crippen LogP contribution in [0, 0.1) is 12.8 Å². The molecule has 3 nitrogen and oxygen atoms in total. The predicted molar refractivity (Wildman–Crippen MR) is 78.6 cm³/mol. The number of benzene rings is 1. The zero-order chi connectivity index (χ0) is 13.4. The fourth-order valence-corrected chi connectivity index (χ4v) is 3.34. The van der Waals surface area contributed by atoms with Crippen LogP contribution in [0.5, 0.6) is 5.75 Å². The number of aromatic amines is 1. The average molecular weight is 258 g/mol. The lowest BCUT2D eigenvalue weighted by atomic mass is 9.93. The summed E-state index contributed by atoms with van der Waals surface area (Å²) in [5.74, 6) is 1.54. The van der Waals surface area contributed by atoms with Crippen molar-refractivity contribution in [3.63, 3.8) is 0 Å². The summed E-state index contributed by atoms with van der Waals surface area (Å²) in [7, 11) is 1.70. The standard InChI is InChI=1S/C16H22N2O/c1-10-14(8-11-4-3-5-15(11)17)13-7-6-12(19-2)9-16(13)18-10/h6-7,9,11,15,18H,3-5,8,17H2,1-2H3. The third-order valence-electron chi connectivity index (χ3n) is 4.51. The van der Waals surface area contributed by atoms with E-state index in [2.05, 4.69) is 24.0 Å². The van der Waals surface area contributed by atoms with Gasteiger partial charge in [-0.2, -0.15) is 0 Å². The van der Waals surface area contributed by atoms with Gasteiger partial charge in [0.25, 0.3) is 0 Å². The first kappa shape index (κ1) is 12.5. The minimum absolute atomic E-state index is 0.377. The maximum atomic E-state index is 6.21. The van der Waals surface area contributed by atoms with Crippen LogP contribution in [0.25, 0.3) is 10.9 Å². The summed E-state index contributed by atoms with van der Waals surface area (Å²) in [6.07, 6.45) is 4.82. The van der Waals surface area contributed by atoms with Crippen LogP contribution in [0.1, 0.15) is 30.5 Å². The Morgan fingerprint density at radius 3 is 2.89 bits per heavy atom. The second-order valence-corrected chi connectivity index (χ2v) is 5.70. The SMILES string of the molecule is COc1ccc2c(CC3CCCC3N)c(C)[nH]c2c1. The van der Waals surface area contributed by atoms with E-state index >= 15 is 0 Å². The van der Waals surface area contributed by atoms with Crippen LogP contribution >= 0.6 is 0 Å². The first-order valence-corrected chi connectivity index (χ1v) is 7.10. The van der Waals surface area contributed by atoms with Gasteiger partial charge in [0.15, 0.2) is 0 Å². The summed E-state index contributed by atoms with van der Waals surface area (Å²) in [5.41, 5.74) is 10.1. The number of methoxy groups -OCH3 is 1. The van der Waals surface area contributed by atoms with Gasteiger partial charge in [-0.3, -0.25) is 0 Å². The molecular formula is C16H22N2O. The molecular weight excluding hydrogens is 236 g/mol. The van der Waals surface area contributed by atoms with Gasteiger partial charge >= 0.3 is 0 Å². The number of H-pyrrole nitrogens is 1. The maximum absolute atomic E-state index is 6.21. The molecule has 0 saturated heterocycles. The summed E-state index contributed by atoms with van der Waals surface area (Å²) >= 11 is 0. The highest BCUT2D eigenvalue weighted by molar-refractivity contribution is 5.85. The highest BCUT2D eigenvalue weighted by atomic mass is 16.5. The molecule has 1 aliphatic rings. The van der Waals surface area contributed by atoms with Crippen LogP contribution in [0.2, 0.25) is 0 Å². The number of aryl methyl sites for hydroxylation is 1. The fourth-order valence-electron chi connectivity index (χ4n) is 3.34. The van der Waals surface area contributed by atoms with E-state index in [4.69, 9.17) is 10.5 Å². The summed E-state index contributed by atoms with van der Waals surface area (Å²) < 4.78 is 5.28. The van der Waals surface area contributed by atoms with Crippen LogP contribution in [0.15, 0.2) is 18.2 Å². The largest absolute Gasteiger partial charge is 0.497 e. The Labute approximate surface area is 114 Å². The zero-order valence-corrected chi connectivity index (χ0v) is 11.7. The predicted octanol–water partition coefficient (Wildman–Crippen LogP) is 3.15. The molecule has 1 aromatic heterocycles. The number of ether oxygens (including phenoxy) is 1. The van der Waals surface area contributed by atoms with Gasteiger partial charge < -0.3 is 15.5 Å². The minimum Gasteiger partial charge on any atom is -0.497 e. The molecule has 2 aromatic rings. The van der Waals surface area contributed by atoms with Crippen LogP contribution in [0.3, 0.4) is 0 Å². The van der Waals surface area contributed by atoms with Crippen molar-refractivity contribution < 1.29 is 4.74 Å². The lowest BCUT2D eigenvalue weighted by Crippen LogP contribution is -2.25. The van der Waals surface area contributed by atoms with Crippen LogP contribution in [-0.2, 0) is 6.42 Å². The van der Waals surface area contributed by atoms with Crippen LogP contribution in [0.4, 0.5) is 0 Å². The Kier molecular flexibility index (Phi) is 3.23. The molecule has 1 aromatic carbocycles. The molecule has 2 unspecified atom stereocenters. The van der Waals surface area contributed by atoms with Gasteiger partial charge in [0, 0.05) is 28.7 Å². The van der Waals surface area contributed by atoms with Crippen molar-refractivity contribution >= 4 is 10.9 Å². The first-order chi connectivity index (χ1) is 9.19. The Morgan fingerprint density at radius 2 is 2.21 bits per heavy atom. The number of rotatable bonds is 3. The van der Waals surface area contributed by atoms with E-state index in [9.17, 15) is 0 Å². The number of nitrogens with one attached hydrogen (secondary N) is 1. The number of aromatic nitrogens is 1. The summed E-state index contributed by atoms with van der Waals surface area (Å²) in [6.45, 7) is 2.16. The van der Waals surface area contributed by atoms with Crippen molar-refractivity contribution in [2.45, 2.75) is 38.6 Å². The number of nitrogens with two attached hydrogens (primary N) is 1. The van der Waals surface area contributed by atoms with Gasteiger partial charge in [-0.25, -0.2) is 0 Å². The lowest BCUT2D eigenvalue weighted by Gasteiger charge is -2.15. The topological polar surface area (TPSA) is 51.0 Å². The quantitative estimate of drug-likeness (QED) is 0.888. The maximum Gasteiger partial charge on any atom is 0.120 e. The molecule has 3 rings (SSSR count). The number of hydrogen-bond donors (Lipinski definition) is 2. The molecule has 1 aliphatic carbocycles. The Balaban J connectivity index is 1.96. The van der Waals surface area contributed by atoms with Gasteiger partial charge in [0.05, 0.1) is 7.11 Å². The van der Waals surface area contributed by atoms with E-state index in [-0.39, 0.29) is 0 Å². The molecule has 19 heavy (non-hydrogen) atoms. The number of fused-ring (bicyclic) bond motifs is 1. The summed E-state index contributed by atoms with van der Waals surface area (Å²) in [6, 6.07) is 6.64. The van der Waals surface area contributed by atoms with E-state index < -0.39 is 0 Å². The molecule has 0 bridgehead atoms. The highest BCUT2D eigenvalue weighted by Gasteiger charge is 2.25. The average Bonchev–Trinajstić information content (AvgIpc) is 2.94. The lowest BCUT2D eigenvalue weighted by molar-refractivity contribution is 0.415. The molecule has 0 amide bonds. The van der Waals surface area contributed by atoms with Gasteiger partial charge in [-0.05, 0) is 49.8 Å². The molecule has 102 valence electrons. The van der Waals surface area contributed by atoms with Crippen molar-refractivity contribution in [3.8, 4) is 5.75 Å². The van der Waals surface area contributed by atoms with E-state index in [1.165, 1.54) is 41.4 Å². The van der Waals surface area contributed by atoms with E-state index in [1.54, 1.807) is 7.11 Å². The third-order valence-corrected chi connectivity index (χ3v) is 4.51. The molecule has 1 heterocycles. The van der Waals surface area contributed by atoms with E-state index in [1.807, 2.05) is 6.07 Å². The first-order valence-electron chi connectivity index (χ1n) is 7.10. The van der Waals surface area contributed by atoms with Gasteiger partial charge in [-0.1, -0.05) is 6.42 Å². The van der Waals surface area contributed by atoms with Crippen LogP contribution in [-0.4, -0.2) is 18.1 Å². The molecule has 1 saturated carbocycles. The smallest absolute Gasteiger partial charge is 0.120 e. The van der Waals surface area contributed by atoms with Gasteiger partial charge in [0.2, 0.25) is 0 Å².